The number of halogens is 2. The van der Waals surface area contributed by atoms with Crippen LogP contribution in [-0.2, 0) is 13.5 Å². The van der Waals surface area contributed by atoms with Gasteiger partial charge in [-0.15, -0.1) is 5.10 Å². The second-order valence-electron chi connectivity index (χ2n) is 4.09. The summed E-state index contributed by atoms with van der Waals surface area (Å²) >= 11 is 5.90. The lowest BCUT2D eigenvalue weighted by Crippen LogP contribution is -2.20. The van der Waals surface area contributed by atoms with Gasteiger partial charge in [0.1, 0.15) is 5.82 Å². The molecule has 0 saturated heterocycles. The molecule has 0 fully saturated rings. The molecule has 1 heterocycles. The first-order chi connectivity index (χ1) is 8.60. The van der Waals surface area contributed by atoms with Crippen molar-refractivity contribution in [2.45, 2.75) is 12.5 Å². The van der Waals surface area contributed by atoms with E-state index in [0.29, 0.717) is 17.0 Å². The Morgan fingerprint density at radius 2 is 2.28 bits per heavy atom. The van der Waals surface area contributed by atoms with Crippen LogP contribution in [0, 0.1) is 5.82 Å². The molecule has 2 rings (SSSR count). The summed E-state index contributed by atoms with van der Waals surface area (Å²) in [5, 5.41) is 11.4. The smallest absolute Gasteiger partial charge is 0.128 e. The van der Waals surface area contributed by atoms with Crippen molar-refractivity contribution in [1.82, 2.24) is 20.3 Å². The van der Waals surface area contributed by atoms with Crippen LogP contribution in [0.1, 0.15) is 17.3 Å². The molecular weight excluding hydrogens is 255 g/mol. The third-order valence-electron chi connectivity index (χ3n) is 2.75. The van der Waals surface area contributed by atoms with Gasteiger partial charge in [-0.05, 0) is 25.2 Å². The summed E-state index contributed by atoms with van der Waals surface area (Å²) in [7, 11) is 3.58. The SMILES string of the molecule is CNC(Cc1cn(C)nn1)c1cc(Cl)ccc1F. The number of hydrogen-bond acceptors (Lipinski definition) is 3. The van der Waals surface area contributed by atoms with Crippen LogP contribution >= 0.6 is 11.6 Å². The van der Waals surface area contributed by atoms with Gasteiger partial charge in [-0.3, -0.25) is 4.68 Å². The van der Waals surface area contributed by atoms with Gasteiger partial charge in [0.05, 0.1) is 5.69 Å². The van der Waals surface area contributed by atoms with E-state index >= 15 is 0 Å². The molecule has 0 spiro atoms. The third-order valence-corrected chi connectivity index (χ3v) is 2.98. The van der Waals surface area contributed by atoms with Crippen LogP contribution in [0.15, 0.2) is 24.4 Å². The van der Waals surface area contributed by atoms with Gasteiger partial charge in [0.15, 0.2) is 0 Å². The Bertz CT molecular complexity index is 541. The molecule has 0 aliphatic carbocycles. The summed E-state index contributed by atoms with van der Waals surface area (Å²) in [6.07, 6.45) is 2.37. The van der Waals surface area contributed by atoms with Crippen LogP contribution < -0.4 is 5.32 Å². The summed E-state index contributed by atoms with van der Waals surface area (Å²) in [5.74, 6) is -0.275. The number of aromatic nitrogens is 3. The molecule has 0 saturated carbocycles. The number of aryl methyl sites for hydroxylation is 1. The number of nitrogens with one attached hydrogen (secondary N) is 1. The monoisotopic (exact) mass is 268 g/mol. The van der Waals surface area contributed by atoms with Gasteiger partial charge >= 0.3 is 0 Å². The average molecular weight is 269 g/mol. The zero-order valence-corrected chi connectivity index (χ0v) is 10.9. The van der Waals surface area contributed by atoms with E-state index < -0.39 is 0 Å². The standard InChI is InChI=1S/C12H14ClFN4/c1-15-12(6-9-7-18(2)17-16-9)10-5-8(13)3-4-11(10)14/h3-5,7,12,15H,6H2,1-2H3. The van der Waals surface area contributed by atoms with Gasteiger partial charge in [-0.1, -0.05) is 16.8 Å². The summed E-state index contributed by atoms with van der Waals surface area (Å²) in [5.41, 5.74) is 1.34. The lowest BCUT2D eigenvalue weighted by atomic mass is 10.0. The molecule has 1 aromatic heterocycles. The van der Waals surface area contributed by atoms with E-state index in [4.69, 9.17) is 11.6 Å². The Labute approximate surface area is 110 Å². The molecule has 96 valence electrons. The van der Waals surface area contributed by atoms with E-state index in [-0.39, 0.29) is 11.9 Å². The van der Waals surface area contributed by atoms with Gasteiger partial charge in [-0.25, -0.2) is 4.39 Å². The first kappa shape index (κ1) is 13.0. The number of rotatable bonds is 4. The Balaban J connectivity index is 2.25. The molecule has 4 nitrogen and oxygen atoms in total. The van der Waals surface area contributed by atoms with E-state index in [2.05, 4.69) is 15.6 Å². The maximum atomic E-state index is 13.8. The van der Waals surface area contributed by atoms with Gasteiger partial charge < -0.3 is 5.32 Å². The number of nitrogens with zero attached hydrogens (tertiary/aromatic N) is 3. The highest BCUT2D eigenvalue weighted by Crippen LogP contribution is 2.23. The second kappa shape index (κ2) is 5.46. The number of likely N-dealkylation sites (N-methyl/N-ethyl adjacent to an activating group) is 1. The molecule has 0 aliphatic heterocycles. The van der Waals surface area contributed by atoms with Crippen molar-refractivity contribution in [2.75, 3.05) is 7.05 Å². The minimum Gasteiger partial charge on any atom is -0.313 e. The molecule has 0 aliphatic rings. The minimum atomic E-state index is -0.275. The first-order valence-corrected chi connectivity index (χ1v) is 5.95. The summed E-state index contributed by atoms with van der Waals surface area (Å²) in [4.78, 5) is 0. The Hall–Kier alpha value is -1.46. The summed E-state index contributed by atoms with van der Waals surface area (Å²) < 4.78 is 15.4. The van der Waals surface area contributed by atoms with Crippen molar-refractivity contribution < 1.29 is 4.39 Å². The Morgan fingerprint density at radius 1 is 1.50 bits per heavy atom. The molecule has 0 radical (unpaired) electrons. The van der Waals surface area contributed by atoms with Gasteiger partial charge in [0, 0.05) is 36.3 Å². The molecule has 1 N–H and O–H groups in total. The third kappa shape index (κ3) is 2.86. The van der Waals surface area contributed by atoms with Crippen LogP contribution in [0.5, 0.6) is 0 Å². The van der Waals surface area contributed by atoms with E-state index in [1.807, 2.05) is 6.20 Å². The molecule has 0 amide bonds. The van der Waals surface area contributed by atoms with Gasteiger partial charge in [0.2, 0.25) is 0 Å². The van der Waals surface area contributed by atoms with E-state index in [9.17, 15) is 4.39 Å². The fourth-order valence-electron chi connectivity index (χ4n) is 1.85. The molecule has 18 heavy (non-hydrogen) atoms. The molecular formula is C12H14ClFN4. The number of benzene rings is 1. The molecule has 6 heteroatoms. The largest absolute Gasteiger partial charge is 0.313 e. The second-order valence-corrected chi connectivity index (χ2v) is 4.53. The van der Waals surface area contributed by atoms with Crippen molar-refractivity contribution in [2.24, 2.45) is 7.05 Å². The first-order valence-electron chi connectivity index (χ1n) is 5.57. The van der Waals surface area contributed by atoms with E-state index in [1.165, 1.54) is 12.1 Å². The van der Waals surface area contributed by atoms with E-state index in [1.54, 1.807) is 24.8 Å². The summed E-state index contributed by atoms with van der Waals surface area (Å²) in [6.45, 7) is 0. The zero-order valence-electron chi connectivity index (χ0n) is 10.2. The molecule has 2 aromatic rings. The highest BCUT2D eigenvalue weighted by atomic mass is 35.5. The predicted molar refractivity (Wildman–Crippen MR) is 67.9 cm³/mol. The van der Waals surface area contributed by atoms with Crippen LogP contribution in [-0.4, -0.2) is 22.0 Å². The Kier molecular flexibility index (Phi) is 3.93. The van der Waals surface area contributed by atoms with E-state index in [0.717, 1.165) is 5.69 Å². The van der Waals surface area contributed by atoms with Gasteiger partial charge in [0.25, 0.3) is 0 Å². The Morgan fingerprint density at radius 3 is 2.89 bits per heavy atom. The normalized spacial score (nSPS) is 12.7. The van der Waals surface area contributed by atoms with Gasteiger partial charge in [-0.2, -0.15) is 0 Å². The van der Waals surface area contributed by atoms with Crippen LogP contribution in [0.25, 0.3) is 0 Å². The number of hydrogen-bond donors (Lipinski definition) is 1. The van der Waals surface area contributed by atoms with Crippen molar-refractivity contribution in [3.8, 4) is 0 Å². The topological polar surface area (TPSA) is 42.7 Å². The molecule has 1 atom stereocenters. The van der Waals surface area contributed by atoms with Crippen molar-refractivity contribution in [3.05, 3.63) is 46.5 Å². The van der Waals surface area contributed by atoms with Crippen molar-refractivity contribution >= 4 is 11.6 Å². The predicted octanol–water partition coefficient (Wildman–Crippen LogP) is 2.11. The summed E-state index contributed by atoms with van der Waals surface area (Å²) in [6, 6.07) is 4.36. The maximum Gasteiger partial charge on any atom is 0.128 e. The van der Waals surface area contributed by atoms with Crippen LogP contribution in [0.2, 0.25) is 5.02 Å². The lowest BCUT2D eigenvalue weighted by Gasteiger charge is -2.16. The molecule has 0 bridgehead atoms. The maximum absolute atomic E-state index is 13.8. The minimum absolute atomic E-state index is 0.180. The van der Waals surface area contributed by atoms with Crippen LogP contribution in [0.4, 0.5) is 4.39 Å². The lowest BCUT2D eigenvalue weighted by molar-refractivity contribution is 0.530. The van der Waals surface area contributed by atoms with Crippen molar-refractivity contribution in [1.29, 1.82) is 0 Å². The average Bonchev–Trinajstić information content (AvgIpc) is 2.75. The quantitative estimate of drug-likeness (QED) is 0.924. The van der Waals surface area contributed by atoms with Crippen molar-refractivity contribution in [3.63, 3.8) is 0 Å². The highest BCUT2D eigenvalue weighted by molar-refractivity contribution is 6.30. The fraction of sp³-hybridized carbons (Fsp3) is 0.333. The highest BCUT2D eigenvalue weighted by Gasteiger charge is 2.16. The zero-order chi connectivity index (χ0) is 13.1. The molecule has 1 aromatic carbocycles. The fourth-order valence-corrected chi connectivity index (χ4v) is 2.03. The van der Waals surface area contributed by atoms with Crippen LogP contribution in [0.3, 0.4) is 0 Å². The molecule has 1 unspecified atom stereocenters.